The van der Waals surface area contributed by atoms with Crippen LogP contribution < -0.4 is 9.47 Å². The number of rotatable bonds is 9. The van der Waals surface area contributed by atoms with Gasteiger partial charge in [0.05, 0.1) is 24.3 Å². The second-order valence-corrected chi connectivity index (χ2v) is 11.2. The maximum Gasteiger partial charge on any atom is 0.430 e. The molecule has 2 aromatic rings. The van der Waals surface area contributed by atoms with E-state index < -0.39 is 23.2 Å². The van der Waals surface area contributed by atoms with Gasteiger partial charge in [-0.1, -0.05) is 29.8 Å². The van der Waals surface area contributed by atoms with Crippen LogP contribution in [0, 0.1) is 11.3 Å². The molecule has 1 saturated heterocycles. The van der Waals surface area contributed by atoms with E-state index in [2.05, 4.69) is 0 Å². The number of aliphatic hydroxyl groups is 1. The number of hydrogen-bond acceptors (Lipinski definition) is 5. The minimum absolute atomic E-state index is 0.00899. The second-order valence-electron chi connectivity index (χ2n) is 10.8. The number of halogens is 4. The first kappa shape index (κ1) is 30.0. The Morgan fingerprint density at radius 1 is 1.15 bits per heavy atom. The summed E-state index contributed by atoms with van der Waals surface area (Å²) in [6.07, 6.45) is -1.41. The zero-order valence-corrected chi connectivity index (χ0v) is 23.5. The number of hydrogen-bond donors (Lipinski definition) is 1. The van der Waals surface area contributed by atoms with Crippen molar-refractivity contribution in [2.45, 2.75) is 43.9 Å². The average Bonchev–Trinajstić information content (AvgIpc) is 3.60. The number of ether oxygens (including phenoxy) is 2. The molecule has 1 heterocycles. The highest BCUT2D eigenvalue weighted by Crippen LogP contribution is 2.61. The van der Waals surface area contributed by atoms with Gasteiger partial charge in [0.1, 0.15) is 11.5 Å². The molecule has 1 aliphatic heterocycles. The Morgan fingerprint density at radius 3 is 2.42 bits per heavy atom. The van der Waals surface area contributed by atoms with Gasteiger partial charge in [0.25, 0.3) is 17.4 Å². The Labute approximate surface area is 236 Å². The summed E-state index contributed by atoms with van der Waals surface area (Å²) in [5.41, 5.74) is -3.89. The lowest BCUT2D eigenvalue weighted by Gasteiger charge is -2.39. The smallest absolute Gasteiger partial charge is 0.430 e. The summed E-state index contributed by atoms with van der Waals surface area (Å²) in [6.45, 7) is 0.762. The Hall–Kier alpha value is -2.98. The van der Waals surface area contributed by atoms with Crippen molar-refractivity contribution < 1.29 is 37.3 Å². The fourth-order valence-corrected chi connectivity index (χ4v) is 5.94. The van der Waals surface area contributed by atoms with Crippen LogP contribution in [-0.4, -0.2) is 73.8 Å². The summed E-state index contributed by atoms with van der Waals surface area (Å²) >= 11 is 6.24. The van der Waals surface area contributed by atoms with E-state index >= 15 is 0 Å². The van der Waals surface area contributed by atoms with E-state index in [-0.39, 0.29) is 30.2 Å². The van der Waals surface area contributed by atoms with Crippen LogP contribution >= 0.6 is 11.6 Å². The fourth-order valence-electron chi connectivity index (χ4n) is 5.69. The first-order valence-corrected chi connectivity index (χ1v) is 13.6. The van der Waals surface area contributed by atoms with Crippen LogP contribution in [0.15, 0.2) is 42.5 Å². The summed E-state index contributed by atoms with van der Waals surface area (Å²) < 4.78 is 53.3. The van der Waals surface area contributed by atoms with Crippen LogP contribution in [0.4, 0.5) is 13.2 Å². The van der Waals surface area contributed by atoms with E-state index in [1.807, 2.05) is 0 Å². The molecule has 2 amide bonds. The third-order valence-corrected chi connectivity index (χ3v) is 8.48. The molecule has 2 aromatic carbocycles. The van der Waals surface area contributed by atoms with Crippen LogP contribution in [0.25, 0.3) is 0 Å². The zero-order chi connectivity index (χ0) is 29.3. The zero-order valence-electron chi connectivity index (χ0n) is 22.8. The van der Waals surface area contributed by atoms with Crippen molar-refractivity contribution in [3.63, 3.8) is 0 Å². The minimum Gasteiger partial charge on any atom is -0.496 e. The van der Waals surface area contributed by atoms with Crippen LogP contribution in [0.1, 0.15) is 48.0 Å². The molecule has 218 valence electrons. The summed E-state index contributed by atoms with van der Waals surface area (Å²) in [4.78, 5) is 27.9. The molecule has 0 bridgehead atoms. The maximum atomic E-state index is 14.2. The number of benzene rings is 2. The molecule has 0 aromatic heterocycles. The lowest BCUT2D eigenvalue weighted by Crippen LogP contribution is -2.57. The number of piperidine rings is 1. The molecule has 2 atom stereocenters. The molecule has 1 N–H and O–H groups in total. The predicted octanol–water partition coefficient (Wildman–Crippen LogP) is 5.29. The number of methoxy groups -OCH3 is 1. The second kappa shape index (κ2) is 11.5. The number of likely N-dealkylation sites (tertiary alicyclic amines) is 1. The topological polar surface area (TPSA) is 79.3 Å². The van der Waals surface area contributed by atoms with E-state index in [1.165, 1.54) is 30.2 Å². The van der Waals surface area contributed by atoms with Crippen LogP contribution in [0.2, 0.25) is 5.02 Å². The van der Waals surface area contributed by atoms with Gasteiger partial charge in [-0.05, 0) is 67.7 Å². The molecule has 1 spiro atoms. The molecular formula is C29H34ClF3N2O5. The molecule has 0 radical (unpaired) electrons. The average molecular weight is 583 g/mol. The number of para-hydroxylation sites is 1. The predicted molar refractivity (Wildman–Crippen MR) is 143 cm³/mol. The molecule has 4 rings (SSSR count). The number of carbonyl (C=O) groups excluding carboxylic acids is 2. The summed E-state index contributed by atoms with van der Waals surface area (Å²) in [5, 5.41) is 11.2. The molecule has 2 fully saturated rings. The molecule has 2 aliphatic rings. The van der Waals surface area contributed by atoms with Crippen molar-refractivity contribution in [3.8, 4) is 11.5 Å². The van der Waals surface area contributed by atoms with E-state index in [4.69, 9.17) is 21.1 Å². The van der Waals surface area contributed by atoms with Gasteiger partial charge in [-0.2, -0.15) is 13.2 Å². The van der Waals surface area contributed by atoms with Gasteiger partial charge in [0, 0.05) is 32.7 Å². The highest BCUT2D eigenvalue weighted by molar-refractivity contribution is 6.34. The number of amides is 2. The standard InChI is InChI=1S/C29H34ClF3N2O5/c1-34(2)25(36)21-11-10-20(17-23(21)30)40-16-6-7-19-18-27(19)12-14-35(15-13-27)26(37)28(38,29(31,32)33)22-8-4-5-9-24(22)39-3/h4-5,8-11,17,19,38H,6-7,12-16,18H2,1-3H3/t19-,28?/m1/s1. The van der Waals surface area contributed by atoms with Gasteiger partial charge in [0.2, 0.25) is 0 Å². The van der Waals surface area contributed by atoms with Crippen molar-refractivity contribution in [1.82, 2.24) is 9.80 Å². The Bertz CT molecular complexity index is 1250. The van der Waals surface area contributed by atoms with Gasteiger partial charge in [-0.3, -0.25) is 9.59 Å². The Kier molecular flexibility index (Phi) is 8.61. The SMILES string of the molecule is COc1ccccc1C(O)(C(=O)N1CCC2(CC1)C[C@H]2CCCOc1ccc(C(=O)N(C)C)c(Cl)c1)C(F)(F)F. The molecule has 11 heteroatoms. The fraction of sp³-hybridized carbons (Fsp3) is 0.517. The molecule has 40 heavy (non-hydrogen) atoms. The van der Waals surface area contributed by atoms with Gasteiger partial charge < -0.3 is 24.4 Å². The molecule has 1 aliphatic carbocycles. The van der Waals surface area contributed by atoms with E-state index in [1.54, 1.807) is 32.3 Å². The maximum absolute atomic E-state index is 14.2. The van der Waals surface area contributed by atoms with E-state index in [9.17, 15) is 27.9 Å². The minimum atomic E-state index is -5.22. The van der Waals surface area contributed by atoms with Gasteiger partial charge >= 0.3 is 6.18 Å². The lowest BCUT2D eigenvalue weighted by molar-refractivity contribution is -0.262. The number of alkyl halides is 3. The molecular weight excluding hydrogens is 549 g/mol. The van der Waals surface area contributed by atoms with Gasteiger partial charge in [0.15, 0.2) is 0 Å². The van der Waals surface area contributed by atoms with Crippen molar-refractivity contribution in [3.05, 3.63) is 58.6 Å². The van der Waals surface area contributed by atoms with Gasteiger partial charge in [-0.25, -0.2) is 0 Å². The van der Waals surface area contributed by atoms with Crippen molar-refractivity contribution in [2.24, 2.45) is 11.3 Å². The van der Waals surface area contributed by atoms with Crippen LogP contribution in [0.5, 0.6) is 11.5 Å². The third-order valence-electron chi connectivity index (χ3n) is 8.16. The summed E-state index contributed by atoms with van der Waals surface area (Å²) in [6, 6.07) is 10.1. The third kappa shape index (κ3) is 5.74. The number of nitrogens with zero attached hydrogens (tertiary/aromatic N) is 2. The first-order chi connectivity index (χ1) is 18.8. The Balaban J connectivity index is 1.29. The lowest BCUT2D eigenvalue weighted by atomic mass is 9.86. The van der Waals surface area contributed by atoms with Crippen molar-refractivity contribution in [2.75, 3.05) is 40.9 Å². The van der Waals surface area contributed by atoms with Crippen LogP contribution in [0.3, 0.4) is 0 Å². The number of carbonyl (C=O) groups is 2. The van der Waals surface area contributed by atoms with Gasteiger partial charge in [-0.15, -0.1) is 0 Å². The van der Waals surface area contributed by atoms with E-state index in [0.717, 1.165) is 30.2 Å². The quantitative estimate of drug-likeness (QED) is 0.407. The van der Waals surface area contributed by atoms with E-state index in [0.29, 0.717) is 41.7 Å². The largest absolute Gasteiger partial charge is 0.496 e. The summed E-state index contributed by atoms with van der Waals surface area (Å²) in [5.74, 6) is -0.778. The summed E-state index contributed by atoms with van der Waals surface area (Å²) in [7, 11) is 4.50. The first-order valence-electron chi connectivity index (χ1n) is 13.2. The van der Waals surface area contributed by atoms with Crippen LogP contribution in [-0.2, 0) is 10.4 Å². The molecule has 1 saturated carbocycles. The normalized spacial score (nSPS) is 19.6. The monoisotopic (exact) mass is 582 g/mol. The highest BCUT2D eigenvalue weighted by atomic mass is 35.5. The van der Waals surface area contributed by atoms with Crippen molar-refractivity contribution in [1.29, 1.82) is 0 Å². The van der Waals surface area contributed by atoms with Crippen molar-refractivity contribution >= 4 is 23.4 Å². The highest BCUT2D eigenvalue weighted by Gasteiger charge is 2.64. The molecule has 1 unspecified atom stereocenters. The Morgan fingerprint density at radius 2 is 1.82 bits per heavy atom. The molecule has 7 nitrogen and oxygen atoms in total.